The highest BCUT2D eigenvalue weighted by Crippen LogP contribution is 2.32. The van der Waals surface area contributed by atoms with E-state index in [0.29, 0.717) is 23.6 Å². The number of H-pyrrole nitrogens is 1. The molecule has 0 unspecified atom stereocenters. The molecule has 1 amide bonds. The minimum atomic E-state index is -0.273. The van der Waals surface area contributed by atoms with Gasteiger partial charge < -0.3 is 9.47 Å². The van der Waals surface area contributed by atoms with Crippen molar-refractivity contribution in [3.05, 3.63) is 45.9 Å². The number of aromatic nitrogens is 4. The summed E-state index contributed by atoms with van der Waals surface area (Å²) in [6, 6.07) is 6.80. The SMILES string of the molecule is CCCc1cc(=O)n2[nH]c(NC(=O)Cc3ccc4c(c3)OCO4)nc2n1. The van der Waals surface area contributed by atoms with Crippen molar-refractivity contribution in [1.82, 2.24) is 19.6 Å². The minimum absolute atomic E-state index is 0.136. The fraction of sp³-hybridized carbons (Fsp3) is 0.294. The van der Waals surface area contributed by atoms with E-state index in [1.807, 2.05) is 6.92 Å². The van der Waals surface area contributed by atoms with E-state index in [1.54, 1.807) is 18.2 Å². The first-order chi connectivity index (χ1) is 12.6. The molecule has 0 spiro atoms. The molecule has 0 atom stereocenters. The quantitative estimate of drug-likeness (QED) is 0.713. The van der Waals surface area contributed by atoms with Crippen LogP contribution in [-0.4, -0.2) is 32.3 Å². The molecule has 1 aliphatic heterocycles. The fourth-order valence-corrected chi connectivity index (χ4v) is 2.78. The molecular weight excluding hydrogens is 338 g/mol. The summed E-state index contributed by atoms with van der Waals surface area (Å²) in [6.07, 6.45) is 1.72. The molecule has 0 saturated carbocycles. The van der Waals surface area contributed by atoms with E-state index in [-0.39, 0.29) is 36.4 Å². The first kappa shape index (κ1) is 16.1. The lowest BCUT2D eigenvalue weighted by molar-refractivity contribution is -0.115. The Morgan fingerprint density at radius 3 is 2.96 bits per heavy atom. The first-order valence-electron chi connectivity index (χ1n) is 8.29. The van der Waals surface area contributed by atoms with Gasteiger partial charge in [0.25, 0.3) is 11.3 Å². The Balaban J connectivity index is 1.50. The Morgan fingerprint density at radius 1 is 1.27 bits per heavy atom. The van der Waals surface area contributed by atoms with Gasteiger partial charge in [0.05, 0.1) is 12.1 Å². The topological polar surface area (TPSA) is 111 Å². The number of aryl methyl sites for hydroxylation is 1. The monoisotopic (exact) mass is 355 g/mol. The molecule has 2 N–H and O–H groups in total. The van der Waals surface area contributed by atoms with Crippen LogP contribution >= 0.6 is 0 Å². The normalized spacial score (nSPS) is 12.5. The maximum Gasteiger partial charge on any atom is 0.274 e. The molecule has 2 aromatic heterocycles. The van der Waals surface area contributed by atoms with Gasteiger partial charge in [-0.2, -0.15) is 9.50 Å². The summed E-state index contributed by atoms with van der Waals surface area (Å²) in [5, 5.41) is 5.39. The van der Waals surface area contributed by atoms with Crippen molar-refractivity contribution in [3.8, 4) is 11.5 Å². The van der Waals surface area contributed by atoms with Gasteiger partial charge >= 0.3 is 0 Å². The van der Waals surface area contributed by atoms with Gasteiger partial charge in [-0.1, -0.05) is 19.4 Å². The standard InChI is InChI=1S/C17H17N5O4/c1-2-3-11-8-15(24)22-17(18-11)20-16(21-22)19-14(23)7-10-4-5-12-13(6-10)26-9-25-12/h4-6,8H,2-3,7,9H2,1H3,(H2,18,19,20,21,23). The number of aromatic amines is 1. The number of anilines is 1. The Bertz CT molecular complexity index is 1040. The smallest absolute Gasteiger partial charge is 0.274 e. The van der Waals surface area contributed by atoms with E-state index in [1.165, 1.54) is 10.6 Å². The molecule has 0 aliphatic carbocycles. The summed E-state index contributed by atoms with van der Waals surface area (Å²) >= 11 is 0. The third-order valence-electron chi connectivity index (χ3n) is 3.95. The predicted molar refractivity (Wildman–Crippen MR) is 92.5 cm³/mol. The third-order valence-corrected chi connectivity index (χ3v) is 3.95. The summed E-state index contributed by atoms with van der Waals surface area (Å²) in [4.78, 5) is 32.8. The van der Waals surface area contributed by atoms with E-state index in [9.17, 15) is 9.59 Å². The maximum absolute atomic E-state index is 12.3. The molecule has 0 bridgehead atoms. The fourth-order valence-electron chi connectivity index (χ4n) is 2.78. The van der Waals surface area contributed by atoms with Crippen LogP contribution < -0.4 is 20.3 Å². The van der Waals surface area contributed by atoms with Crippen LogP contribution in [0.3, 0.4) is 0 Å². The summed E-state index contributed by atoms with van der Waals surface area (Å²) in [7, 11) is 0. The lowest BCUT2D eigenvalue weighted by Gasteiger charge is -2.03. The van der Waals surface area contributed by atoms with Crippen molar-refractivity contribution in [2.24, 2.45) is 0 Å². The lowest BCUT2D eigenvalue weighted by atomic mass is 10.1. The largest absolute Gasteiger partial charge is 0.454 e. The highest BCUT2D eigenvalue weighted by atomic mass is 16.7. The maximum atomic E-state index is 12.3. The molecule has 134 valence electrons. The van der Waals surface area contributed by atoms with Crippen LogP contribution in [-0.2, 0) is 17.6 Å². The number of carbonyl (C=O) groups excluding carboxylic acids is 1. The number of nitrogens with zero attached hydrogens (tertiary/aromatic N) is 3. The van der Waals surface area contributed by atoms with E-state index < -0.39 is 0 Å². The van der Waals surface area contributed by atoms with Gasteiger partial charge in [-0.3, -0.25) is 20.0 Å². The van der Waals surface area contributed by atoms with Gasteiger partial charge in [0.15, 0.2) is 11.5 Å². The minimum Gasteiger partial charge on any atom is -0.454 e. The van der Waals surface area contributed by atoms with Crippen molar-refractivity contribution in [2.45, 2.75) is 26.2 Å². The molecule has 9 nitrogen and oxygen atoms in total. The zero-order valence-corrected chi connectivity index (χ0v) is 14.1. The molecule has 1 aliphatic rings. The number of nitrogens with one attached hydrogen (secondary N) is 2. The third kappa shape index (κ3) is 3.10. The highest BCUT2D eigenvalue weighted by molar-refractivity contribution is 5.90. The number of carbonyl (C=O) groups is 1. The van der Waals surface area contributed by atoms with Crippen molar-refractivity contribution in [3.63, 3.8) is 0 Å². The molecule has 9 heteroatoms. The summed E-state index contributed by atoms with van der Waals surface area (Å²) in [5.41, 5.74) is 1.20. The number of fused-ring (bicyclic) bond motifs is 2. The molecule has 0 saturated heterocycles. The van der Waals surface area contributed by atoms with E-state index >= 15 is 0 Å². The van der Waals surface area contributed by atoms with E-state index in [2.05, 4.69) is 20.4 Å². The molecule has 3 aromatic rings. The Kier molecular flexibility index (Phi) is 4.04. The van der Waals surface area contributed by atoms with Gasteiger partial charge in [-0.05, 0) is 24.1 Å². The van der Waals surface area contributed by atoms with Crippen LogP contribution in [0.1, 0.15) is 24.6 Å². The Morgan fingerprint density at radius 2 is 2.12 bits per heavy atom. The van der Waals surface area contributed by atoms with E-state index in [4.69, 9.17) is 9.47 Å². The highest BCUT2D eigenvalue weighted by Gasteiger charge is 2.15. The summed E-state index contributed by atoms with van der Waals surface area (Å²) in [6.45, 7) is 2.20. The molecule has 4 rings (SSSR count). The van der Waals surface area contributed by atoms with Crippen LogP contribution in [0.5, 0.6) is 11.5 Å². The van der Waals surface area contributed by atoms with Crippen LogP contribution in [0.4, 0.5) is 5.95 Å². The van der Waals surface area contributed by atoms with Gasteiger partial charge in [0.2, 0.25) is 18.6 Å². The average molecular weight is 355 g/mol. The number of amides is 1. The number of hydrogen-bond acceptors (Lipinski definition) is 6. The second-order valence-electron chi connectivity index (χ2n) is 5.96. The summed E-state index contributed by atoms with van der Waals surface area (Å²) in [5.74, 6) is 1.43. The molecule has 26 heavy (non-hydrogen) atoms. The van der Waals surface area contributed by atoms with Crippen molar-refractivity contribution < 1.29 is 14.3 Å². The van der Waals surface area contributed by atoms with Crippen molar-refractivity contribution >= 4 is 17.6 Å². The molecule has 0 fully saturated rings. The van der Waals surface area contributed by atoms with E-state index in [0.717, 1.165) is 12.0 Å². The van der Waals surface area contributed by atoms with Crippen LogP contribution in [0.2, 0.25) is 0 Å². The number of ether oxygens (including phenoxy) is 2. The van der Waals surface area contributed by atoms with Crippen LogP contribution in [0.15, 0.2) is 29.1 Å². The summed E-state index contributed by atoms with van der Waals surface area (Å²) < 4.78 is 11.8. The first-order valence-corrected chi connectivity index (χ1v) is 8.29. The molecule has 0 radical (unpaired) electrons. The van der Waals surface area contributed by atoms with Gasteiger partial charge in [0, 0.05) is 6.07 Å². The number of benzene rings is 1. The molecule has 3 heterocycles. The van der Waals surface area contributed by atoms with Crippen molar-refractivity contribution in [2.75, 3.05) is 12.1 Å². The zero-order chi connectivity index (χ0) is 18.1. The predicted octanol–water partition coefficient (Wildman–Crippen LogP) is 1.28. The van der Waals surface area contributed by atoms with Gasteiger partial charge in [0.1, 0.15) is 0 Å². The molecule has 1 aromatic carbocycles. The van der Waals surface area contributed by atoms with Crippen LogP contribution in [0, 0.1) is 0 Å². The zero-order valence-electron chi connectivity index (χ0n) is 14.1. The van der Waals surface area contributed by atoms with Gasteiger partial charge in [-0.25, -0.2) is 4.98 Å². The Hall–Kier alpha value is -3.36. The molecular formula is C17H17N5O4. The lowest BCUT2D eigenvalue weighted by Crippen LogP contribution is -2.17. The number of hydrogen-bond donors (Lipinski definition) is 2. The second kappa shape index (κ2) is 6.51. The van der Waals surface area contributed by atoms with Gasteiger partial charge in [-0.15, -0.1) is 0 Å². The number of rotatable bonds is 5. The second-order valence-corrected chi connectivity index (χ2v) is 5.96. The van der Waals surface area contributed by atoms with Crippen molar-refractivity contribution in [1.29, 1.82) is 0 Å². The average Bonchev–Trinajstić information content (AvgIpc) is 3.21. The Labute approximate surface area is 148 Å². The van der Waals surface area contributed by atoms with Crippen LogP contribution in [0.25, 0.3) is 5.78 Å².